The maximum absolute atomic E-state index is 13.5. The normalized spacial score (nSPS) is 22.8. The maximum atomic E-state index is 13.5. The summed E-state index contributed by atoms with van der Waals surface area (Å²) in [4.78, 5) is 13.5. The minimum Gasteiger partial charge on any atom is -0.493 e. The number of fused-ring (bicyclic) bond motifs is 2. The predicted molar refractivity (Wildman–Crippen MR) is 156 cm³/mol. The van der Waals surface area contributed by atoms with E-state index in [1.165, 1.54) is 67.3 Å². The van der Waals surface area contributed by atoms with Crippen molar-refractivity contribution in [1.29, 1.82) is 0 Å². The van der Waals surface area contributed by atoms with Gasteiger partial charge in [-0.15, -0.1) is 0 Å². The fraction of sp³-hybridized carbons (Fsp3) is 0.667. The molecule has 212 valence electrons. The topological polar surface area (TPSA) is 64.5 Å². The second-order valence-corrected chi connectivity index (χ2v) is 13.6. The van der Waals surface area contributed by atoms with E-state index >= 15 is 0 Å². The molecule has 3 fully saturated rings. The first kappa shape index (κ1) is 26.9. The quantitative estimate of drug-likeness (QED) is 0.487. The van der Waals surface area contributed by atoms with Gasteiger partial charge in [0.15, 0.2) is 0 Å². The summed E-state index contributed by atoms with van der Waals surface area (Å²) in [7, 11) is 0. The Bertz CT molecular complexity index is 1190. The van der Waals surface area contributed by atoms with Crippen LogP contribution in [0.2, 0.25) is 0 Å². The van der Waals surface area contributed by atoms with E-state index in [9.17, 15) is 4.79 Å². The molecule has 0 bridgehead atoms. The van der Waals surface area contributed by atoms with E-state index in [0.29, 0.717) is 19.1 Å². The van der Waals surface area contributed by atoms with Crippen LogP contribution in [0.3, 0.4) is 0 Å². The van der Waals surface area contributed by atoms with Crippen molar-refractivity contribution in [2.75, 3.05) is 32.8 Å². The van der Waals surface area contributed by atoms with Gasteiger partial charge in [-0.1, -0.05) is 40.0 Å². The standard InChI is InChI=1S/C33H47N3O3/c1-22-26(31(37)35-20-25-19-34-13-15-38-25)18-29(36(22)21-23-8-6-5-7-9-23)24-16-27(32(2,3)4)30-28(17-24)33(10-11-33)12-14-39-30/h16-18,23,25,34H,5-15,19-21H2,1-4H3,(H,35,37). The molecule has 3 heterocycles. The number of hydrogen-bond acceptors (Lipinski definition) is 4. The van der Waals surface area contributed by atoms with E-state index in [-0.39, 0.29) is 22.8 Å². The van der Waals surface area contributed by atoms with Crippen LogP contribution in [0.5, 0.6) is 5.75 Å². The van der Waals surface area contributed by atoms with Crippen LogP contribution in [-0.4, -0.2) is 49.4 Å². The van der Waals surface area contributed by atoms with Gasteiger partial charge in [-0.3, -0.25) is 4.79 Å². The van der Waals surface area contributed by atoms with Gasteiger partial charge in [0.1, 0.15) is 5.75 Å². The fourth-order valence-corrected chi connectivity index (χ4v) is 7.07. The van der Waals surface area contributed by atoms with Gasteiger partial charge in [0.05, 0.1) is 24.9 Å². The van der Waals surface area contributed by atoms with Crippen LogP contribution < -0.4 is 15.4 Å². The van der Waals surface area contributed by atoms with Crippen LogP contribution in [-0.2, 0) is 22.1 Å². The van der Waals surface area contributed by atoms with E-state index in [0.717, 1.165) is 49.7 Å². The Balaban J connectivity index is 1.40. The molecule has 1 saturated heterocycles. The number of nitrogens with zero attached hydrogens (tertiary/aromatic N) is 1. The molecule has 1 aromatic carbocycles. The Labute approximate surface area is 234 Å². The number of carbonyl (C=O) groups is 1. The average molecular weight is 534 g/mol. The zero-order valence-electron chi connectivity index (χ0n) is 24.5. The summed E-state index contributed by atoms with van der Waals surface area (Å²) >= 11 is 0. The molecule has 6 nitrogen and oxygen atoms in total. The van der Waals surface area contributed by atoms with Gasteiger partial charge in [0.2, 0.25) is 0 Å². The summed E-state index contributed by atoms with van der Waals surface area (Å²) in [6.07, 6.45) is 10.2. The molecular weight excluding hydrogens is 486 g/mol. The van der Waals surface area contributed by atoms with Crippen molar-refractivity contribution in [3.05, 3.63) is 40.6 Å². The number of benzene rings is 1. The largest absolute Gasteiger partial charge is 0.493 e. The molecule has 4 aliphatic rings. The summed E-state index contributed by atoms with van der Waals surface area (Å²) in [6, 6.07) is 6.92. The molecule has 39 heavy (non-hydrogen) atoms. The van der Waals surface area contributed by atoms with Crippen molar-refractivity contribution in [2.24, 2.45) is 5.92 Å². The summed E-state index contributed by atoms with van der Waals surface area (Å²) in [5.74, 6) is 1.79. The second kappa shape index (κ2) is 10.6. The fourth-order valence-electron chi connectivity index (χ4n) is 7.07. The SMILES string of the molecule is Cc1c(C(=O)NCC2CNCCO2)cc(-c2cc(C(C)(C)C)c3c(c2)C2(CCO3)CC2)n1CC1CCCCC1. The van der Waals surface area contributed by atoms with Gasteiger partial charge in [-0.2, -0.15) is 0 Å². The predicted octanol–water partition coefficient (Wildman–Crippen LogP) is 5.87. The van der Waals surface area contributed by atoms with E-state index in [4.69, 9.17) is 9.47 Å². The van der Waals surface area contributed by atoms with Crippen molar-refractivity contribution in [3.8, 4) is 17.0 Å². The Morgan fingerprint density at radius 3 is 2.59 bits per heavy atom. The zero-order valence-corrected chi connectivity index (χ0v) is 24.5. The first-order valence-electron chi connectivity index (χ1n) is 15.4. The number of nitrogens with one attached hydrogen (secondary N) is 2. The van der Waals surface area contributed by atoms with E-state index in [1.54, 1.807) is 0 Å². The highest BCUT2D eigenvalue weighted by Crippen LogP contribution is 2.58. The lowest BCUT2D eigenvalue weighted by molar-refractivity contribution is 0.0287. The van der Waals surface area contributed by atoms with Gasteiger partial charge in [0.25, 0.3) is 5.91 Å². The number of hydrogen-bond donors (Lipinski definition) is 2. The third-order valence-corrected chi connectivity index (χ3v) is 9.72. The van der Waals surface area contributed by atoms with Crippen LogP contribution in [0.4, 0.5) is 0 Å². The molecule has 2 aromatic rings. The van der Waals surface area contributed by atoms with Crippen molar-refractivity contribution >= 4 is 5.91 Å². The summed E-state index contributed by atoms with van der Waals surface area (Å²) < 4.78 is 14.6. The van der Waals surface area contributed by atoms with Crippen LogP contribution in [0.1, 0.15) is 99.3 Å². The number of amides is 1. The molecule has 1 spiro atoms. The Kier molecular flexibility index (Phi) is 7.30. The molecule has 2 aliphatic heterocycles. The molecule has 2 aliphatic carbocycles. The number of aromatic nitrogens is 1. The monoisotopic (exact) mass is 533 g/mol. The molecule has 1 atom stereocenters. The minimum atomic E-state index is -0.0302. The minimum absolute atomic E-state index is 0.00122. The number of carbonyl (C=O) groups excluding carboxylic acids is 1. The molecule has 6 rings (SSSR count). The van der Waals surface area contributed by atoms with Crippen molar-refractivity contribution in [3.63, 3.8) is 0 Å². The third kappa shape index (κ3) is 5.39. The van der Waals surface area contributed by atoms with Crippen LogP contribution in [0.25, 0.3) is 11.3 Å². The average Bonchev–Trinajstić information content (AvgIpc) is 3.63. The molecule has 1 aromatic heterocycles. The van der Waals surface area contributed by atoms with Gasteiger partial charge < -0.3 is 24.7 Å². The Morgan fingerprint density at radius 1 is 1.10 bits per heavy atom. The molecular formula is C33H47N3O3. The highest BCUT2D eigenvalue weighted by Gasteiger charge is 2.49. The van der Waals surface area contributed by atoms with Crippen LogP contribution in [0, 0.1) is 12.8 Å². The summed E-state index contributed by atoms with van der Waals surface area (Å²) in [5, 5.41) is 6.53. The van der Waals surface area contributed by atoms with E-state index < -0.39 is 0 Å². The van der Waals surface area contributed by atoms with Crippen molar-refractivity contribution in [1.82, 2.24) is 15.2 Å². The number of ether oxygens (including phenoxy) is 2. The lowest BCUT2D eigenvalue weighted by Crippen LogP contribution is -2.45. The second-order valence-electron chi connectivity index (χ2n) is 13.6. The van der Waals surface area contributed by atoms with Crippen LogP contribution in [0.15, 0.2) is 18.2 Å². The lowest BCUT2D eigenvalue weighted by atomic mass is 9.79. The van der Waals surface area contributed by atoms with Crippen LogP contribution >= 0.6 is 0 Å². The molecule has 0 radical (unpaired) electrons. The van der Waals surface area contributed by atoms with Crippen molar-refractivity contribution in [2.45, 2.75) is 103 Å². The van der Waals surface area contributed by atoms with E-state index in [1.807, 2.05) is 0 Å². The Hall–Kier alpha value is -2.31. The van der Waals surface area contributed by atoms with Gasteiger partial charge in [0, 0.05) is 54.1 Å². The molecule has 2 saturated carbocycles. The lowest BCUT2D eigenvalue weighted by Gasteiger charge is -2.33. The van der Waals surface area contributed by atoms with Crippen molar-refractivity contribution < 1.29 is 14.3 Å². The third-order valence-electron chi connectivity index (χ3n) is 9.72. The first-order valence-corrected chi connectivity index (χ1v) is 15.4. The number of morpholine rings is 1. The molecule has 2 N–H and O–H groups in total. The summed E-state index contributed by atoms with van der Waals surface area (Å²) in [5.41, 5.74) is 7.21. The summed E-state index contributed by atoms with van der Waals surface area (Å²) in [6.45, 7) is 13.7. The highest BCUT2D eigenvalue weighted by atomic mass is 16.5. The maximum Gasteiger partial charge on any atom is 0.253 e. The zero-order chi connectivity index (χ0) is 27.2. The van der Waals surface area contributed by atoms with E-state index in [2.05, 4.69) is 61.1 Å². The van der Waals surface area contributed by atoms with Gasteiger partial charge in [-0.25, -0.2) is 0 Å². The molecule has 1 unspecified atom stereocenters. The van der Waals surface area contributed by atoms with Gasteiger partial charge >= 0.3 is 0 Å². The van der Waals surface area contributed by atoms with Gasteiger partial charge in [-0.05, 0) is 74.1 Å². The number of rotatable bonds is 6. The smallest absolute Gasteiger partial charge is 0.253 e. The highest BCUT2D eigenvalue weighted by molar-refractivity contribution is 5.97. The first-order chi connectivity index (χ1) is 18.7. The Morgan fingerprint density at radius 2 is 1.90 bits per heavy atom. The molecule has 1 amide bonds. The molecule has 6 heteroatoms.